The molecule has 4 N–H and O–H groups in total. The van der Waals surface area contributed by atoms with E-state index in [1.807, 2.05) is 6.92 Å². The van der Waals surface area contributed by atoms with Crippen molar-refractivity contribution in [3.05, 3.63) is 10.6 Å². The van der Waals surface area contributed by atoms with Crippen LogP contribution in [0.1, 0.15) is 17.0 Å². The normalized spacial score (nSPS) is 11.7. The van der Waals surface area contributed by atoms with Crippen LogP contribution < -0.4 is 10.6 Å². The first-order valence-corrected chi connectivity index (χ1v) is 6.07. The van der Waals surface area contributed by atoms with Crippen molar-refractivity contribution in [2.45, 2.75) is 26.3 Å². The number of aromatic nitrogens is 1. The highest BCUT2D eigenvalue weighted by Crippen LogP contribution is 2.20. The number of hydrogen-bond acceptors (Lipinski definition) is 5. The fourth-order valence-corrected chi connectivity index (χ4v) is 2.00. The molecule has 0 aliphatic heterocycles. The van der Waals surface area contributed by atoms with E-state index in [9.17, 15) is 14.4 Å². The minimum absolute atomic E-state index is 0.326. The van der Waals surface area contributed by atoms with Gasteiger partial charge in [0.2, 0.25) is 0 Å². The number of nitrogens with one attached hydrogen (secondary N) is 2. The van der Waals surface area contributed by atoms with Crippen LogP contribution in [-0.4, -0.2) is 39.2 Å². The van der Waals surface area contributed by atoms with Gasteiger partial charge in [0.05, 0.1) is 12.1 Å². The summed E-state index contributed by atoms with van der Waals surface area (Å²) in [7, 11) is 0. The number of nitrogens with zero attached hydrogens (tertiary/aromatic N) is 1. The summed E-state index contributed by atoms with van der Waals surface area (Å²) >= 11 is 1.25. The zero-order chi connectivity index (χ0) is 14.6. The molecule has 0 saturated heterocycles. The quantitative estimate of drug-likeness (QED) is 0.634. The zero-order valence-electron chi connectivity index (χ0n) is 10.3. The first-order chi connectivity index (χ1) is 8.79. The third kappa shape index (κ3) is 4.54. The third-order valence-electron chi connectivity index (χ3n) is 2.23. The predicted molar refractivity (Wildman–Crippen MR) is 67.4 cm³/mol. The molecule has 19 heavy (non-hydrogen) atoms. The summed E-state index contributed by atoms with van der Waals surface area (Å²) in [5, 5.41) is 22.0. The van der Waals surface area contributed by atoms with E-state index in [1.165, 1.54) is 11.3 Å². The van der Waals surface area contributed by atoms with E-state index in [4.69, 9.17) is 10.2 Å². The Balaban J connectivity index is 2.62. The van der Waals surface area contributed by atoms with Crippen LogP contribution in [0.4, 0.5) is 9.93 Å². The lowest BCUT2D eigenvalue weighted by atomic mass is 10.2. The van der Waals surface area contributed by atoms with Crippen LogP contribution >= 0.6 is 11.3 Å². The molecule has 1 heterocycles. The first-order valence-electron chi connectivity index (χ1n) is 5.25. The molecule has 104 valence electrons. The third-order valence-corrected chi connectivity index (χ3v) is 3.22. The van der Waals surface area contributed by atoms with Crippen molar-refractivity contribution in [1.82, 2.24) is 10.3 Å². The van der Waals surface area contributed by atoms with Crippen molar-refractivity contribution >= 4 is 34.4 Å². The summed E-state index contributed by atoms with van der Waals surface area (Å²) in [4.78, 5) is 37.7. The molecule has 0 spiro atoms. The second kappa shape index (κ2) is 6.14. The summed E-state index contributed by atoms with van der Waals surface area (Å²) in [6.07, 6.45) is -0.696. The van der Waals surface area contributed by atoms with Gasteiger partial charge in [-0.05, 0) is 13.8 Å². The molecule has 0 saturated carbocycles. The van der Waals surface area contributed by atoms with E-state index in [1.54, 1.807) is 6.92 Å². The van der Waals surface area contributed by atoms with Gasteiger partial charge in [-0.3, -0.25) is 10.1 Å². The van der Waals surface area contributed by atoms with Crippen molar-refractivity contribution < 1.29 is 24.6 Å². The van der Waals surface area contributed by atoms with Crippen molar-refractivity contribution in [2.75, 3.05) is 5.32 Å². The van der Waals surface area contributed by atoms with Crippen molar-refractivity contribution in [1.29, 1.82) is 0 Å². The molecule has 1 aromatic heterocycles. The molecular weight excluding hydrogens is 274 g/mol. The standard InChI is InChI=1S/C10H13N3O5S/c1-4-5(2)19-10(11-4)13-9(18)12-6(8(16)17)3-7(14)15/h6H,3H2,1-2H3,(H,14,15)(H,16,17)(H2,11,12,13,18). The Labute approximate surface area is 112 Å². The highest BCUT2D eigenvalue weighted by Gasteiger charge is 2.23. The van der Waals surface area contributed by atoms with Crippen LogP contribution in [0, 0.1) is 13.8 Å². The molecule has 2 amide bonds. The van der Waals surface area contributed by atoms with Gasteiger partial charge in [0.1, 0.15) is 6.04 Å². The van der Waals surface area contributed by atoms with Crippen molar-refractivity contribution in [3.8, 4) is 0 Å². The second-order valence-electron chi connectivity index (χ2n) is 3.75. The Morgan fingerprint density at radius 3 is 2.37 bits per heavy atom. The molecule has 0 aliphatic rings. The highest BCUT2D eigenvalue weighted by atomic mass is 32.1. The number of aryl methyl sites for hydroxylation is 2. The summed E-state index contributed by atoms with van der Waals surface area (Å²) in [6.45, 7) is 3.61. The number of aliphatic carboxylic acids is 2. The molecule has 1 unspecified atom stereocenters. The van der Waals surface area contributed by atoms with E-state index >= 15 is 0 Å². The fraction of sp³-hybridized carbons (Fsp3) is 0.400. The number of carboxylic acids is 2. The van der Waals surface area contributed by atoms with Crippen LogP contribution in [0.25, 0.3) is 0 Å². The van der Waals surface area contributed by atoms with Gasteiger partial charge in [0.25, 0.3) is 0 Å². The van der Waals surface area contributed by atoms with Crippen LogP contribution in [-0.2, 0) is 9.59 Å². The van der Waals surface area contributed by atoms with E-state index in [-0.39, 0.29) is 0 Å². The van der Waals surface area contributed by atoms with Crippen LogP contribution in [0.15, 0.2) is 0 Å². The van der Waals surface area contributed by atoms with E-state index < -0.39 is 30.4 Å². The monoisotopic (exact) mass is 287 g/mol. The Morgan fingerprint density at radius 1 is 1.32 bits per heavy atom. The van der Waals surface area contributed by atoms with Crippen molar-refractivity contribution in [2.24, 2.45) is 0 Å². The number of amides is 2. The van der Waals surface area contributed by atoms with Gasteiger partial charge in [0, 0.05) is 4.88 Å². The SMILES string of the molecule is Cc1nc(NC(=O)NC(CC(=O)O)C(=O)O)sc1C. The average Bonchev–Trinajstić information content (AvgIpc) is 2.55. The van der Waals surface area contributed by atoms with E-state index in [0.717, 1.165) is 10.6 Å². The number of anilines is 1. The molecule has 1 atom stereocenters. The number of carbonyl (C=O) groups excluding carboxylic acids is 1. The molecule has 8 nitrogen and oxygen atoms in total. The number of carboxylic acid groups (broad SMARTS) is 2. The lowest BCUT2D eigenvalue weighted by Crippen LogP contribution is -2.44. The topological polar surface area (TPSA) is 129 Å². The fourth-order valence-electron chi connectivity index (χ4n) is 1.19. The minimum Gasteiger partial charge on any atom is -0.481 e. The van der Waals surface area contributed by atoms with Crippen molar-refractivity contribution in [3.63, 3.8) is 0 Å². The van der Waals surface area contributed by atoms with Gasteiger partial charge in [-0.2, -0.15) is 0 Å². The Hall–Kier alpha value is -2.16. The summed E-state index contributed by atoms with van der Waals surface area (Å²) in [6, 6.07) is -2.29. The van der Waals surface area contributed by atoms with E-state index in [0.29, 0.717) is 5.13 Å². The Kier molecular flexibility index (Phi) is 4.81. The van der Waals surface area contributed by atoms with Gasteiger partial charge in [-0.1, -0.05) is 0 Å². The molecule has 0 fully saturated rings. The predicted octanol–water partition coefficient (Wildman–Crippen LogP) is 0.809. The molecule has 9 heteroatoms. The smallest absolute Gasteiger partial charge is 0.326 e. The summed E-state index contributed by atoms with van der Waals surface area (Å²) < 4.78 is 0. The highest BCUT2D eigenvalue weighted by molar-refractivity contribution is 7.15. The van der Waals surface area contributed by atoms with Gasteiger partial charge in [0.15, 0.2) is 5.13 Å². The maximum Gasteiger partial charge on any atom is 0.326 e. The van der Waals surface area contributed by atoms with E-state index in [2.05, 4.69) is 15.6 Å². The summed E-state index contributed by atoms with van der Waals surface area (Å²) in [5.41, 5.74) is 0.764. The number of urea groups is 1. The van der Waals surface area contributed by atoms with Crippen LogP contribution in [0.3, 0.4) is 0 Å². The Bertz CT molecular complexity index is 494. The van der Waals surface area contributed by atoms with Gasteiger partial charge in [-0.25, -0.2) is 14.6 Å². The number of carbonyl (C=O) groups is 3. The minimum atomic E-state index is -1.49. The molecule has 0 bridgehead atoms. The summed E-state index contributed by atoms with van der Waals surface area (Å²) in [5.74, 6) is -2.72. The average molecular weight is 287 g/mol. The lowest BCUT2D eigenvalue weighted by molar-refractivity contribution is -0.145. The number of thiazole rings is 1. The molecule has 1 aromatic rings. The number of rotatable bonds is 5. The maximum absolute atomic E-state index is 11.5. The molecule has 0 radical (unpaired) electrons. The molecular formula is C10H13N3O5S. The molecule has 1 rings (SSSR count). The van der Waals surface area contributed by atoms with Gasteiger partial charge in [-0.15, -0.1) is 11.3 Å². The lowest BCUT2D eigenvalue weighted by Gasteiger charge is -2.11. The van der Waals surface area contributed by atoms with Crippen LogP contribution in [0.5, 0.6) is 0 Å². The zero-order valence-corrected chi connectivity index (χ0v) is 11.1. The van der Waals surface area contributed by atoms with Gasteiger partial charge >= 0.3 is 18.0 Å². The van der Waals surface area contributed by atoms with Gasteiger partial charge < -0.3 is 15.5 Å². The molecule has 0 aliphatic carbocycles. The number of hydrogen-bond donors (Lipinski definition) is 4. The van der Waals surface area contributed by atoms with Crippen LogP contribution in [0.2, 0.25) is 0 Å². The first kappa shape index (κ1) is 14.9. The largest absolute Gasteiger partial charge is 0.481 e. The maximum atomic E-state index is 11.5. The Morgan fingerprint density at radius 2 is 1.95 bits per heavy atom. The second-order valence-corrected chi connectivity index (χ2v) is 4.95. The molecule has 0 aromatic carbocycles.